The van der Waals surface area contributed by atoms with E-state index < -0.39 is 101 Å². The summed E-state index contributed by atoms with van der Waals surface area (Å²) in [6.07, 6.45) is 3.97. The van der Waals surface area contributed by atoms with Gasteiger partial charge in [-0.3, -0.25) is 43.2 Å². The van der Waals surface area contributed by atoms with Crippen molar-refractivity contribution in [2.24, 2.45) is 11.3 Å². The highest BCUT2D eigenvalue weighted by molar-refractivity contribution is 6.38. The molecule has 532 valence electrons. The SMILES string of the molecule is COc1ccc(CC[C@H]2OC(=O)[C@@H]3CCCCN3C(=O)C(=O)C(C)(C)COC(=O)C=CCCN(C)C(=O)[C@H](CC(C)C)N(C)C(=O)[C@H]3CCCN3C(=O)[C@H](Cc3ccc(CC(=O)NCc4ccccc4)cc3)NC(=O)[C@H](c3ccccc3)NC(=O)CCC(=O)Nc3cccc2c3)cc1OC. The average molecular weight is 1370 g/mol. The Labute approximate surface area is 585 Å². The van der Waals surface area contributed by atoms with Crippen molar-refractivity contribution in [1.29, 1.82) is 0 Å². The zero-order valence-corrected chi connectivity index (χ0v) is 58.5. The predicted molar refractivity (Wildman–Crippen MR) is 374 cm³/mol. The molecule has 2 fully saturated rings. The smallest absolute Gasteiger partial charge is 0.330 e. The third-order valence-electron chi connectivity index (χ3n) is 18.3. The molecule has 8 amide bonds. The second kappa shape index (κ2) is 36.1. The summed E-state index contributed by atoms with van der Waals surface area (Å²) in [5.74, 6) is -6.08. The number of anilines is 1. The predicted octanol–water partition coefficient (Wildman–Crippen LogP) is 7.89. The lowest BCUT2D eigenvalue weighted by Crippen LogP contribution is -2.58. The molecule has 6 atom stereocenters. The molecule has 2 saturated heterocycles. The van der Waals surface area contributed by atoms with E-state index in [-0.39, 0.29) is 95.2 Å². The van der Waals surface area contributed by atoms with Crippen LogP contribution in [0.25, 0.3) is 0 Å². The maximum Gasteiger partial charge on any atom is 0.330 e. The Balaban J connectivity index is 1.09. The van der Waals surface area contributed by atoms with E-state index in [1.54, 1.807) is 98.0 Å². The van der Waals surface area contributed by atoms with Gasteiger partial charge in [0.1, 0.15) is 42.9 Å². The van der Waals surface area contributed by atoms with Crippen LogP contribution in [0.5, 0.6) is 11.5 Å². The fourth-order valence-electron chi connectivity index (χ4n) is 12.6. The molecular weight excluding hydrogens is 1280 g/mol. The molecule has 3 aliphatic rings. The van der Waals surface area contributed by atoms with Crippen LogP contribution in [0.15, 0.2) is 140 Å². The molecule has 23 nitrogen and oxygen atoms in total. The van der Waals surface area contributed by atoms with Crippen molar-refractivity contribution in [2.45, 2.75) is 154 Å². The maximum absolute atomic E-state index is 15.3. The van der Waals surface area contributed by atoms with Crippen molar-refractivity contribution in [3.63, 3.8) is 0 Å². The highest BCUT2D eigenvalue weighted by Crippen LogP contribution is 2.33. The fraction of sp³-hybridized carbons (Fsp3) is 0.442. The number of fused-ring (bicyclic) bond motifs is 4. The number of rotatable bonds is 14. The highest BCUT2D eigenvalue weighted by Gasteiger charge is 2.44. The number of methoxy groups -OCH3 is 2. The van der Waals surface area contributed by atoms with Crippen LogP contribution < -0.4 is 30.7 Å². The molecule has 0 radical (unpaired) electrons. The summed E-state index contributed by atoms with van der Waals surface area (Å²) >= 11 is 0. The number of hydrogen-bond acceptors (Lipinski definition) is 15. The van der Waals surface area contributed by atoms with E-state index in [4.69, 9.17) is 18.9 Å². The number of ketones is 1. The van der Waals surface area contributed by atoms with Crippen molar-refractivity contribution >= 4 is 70.7 Å². The molecular formula is C77H94N8O15. The number of benzene rings is 5. The second-order valence-electron chi connectivity index (χ2n) is 26.8. The molecule has 100 heavy (non-hydrogen) atoms. The van der Waals surface area contributed by atoms with E-state index in [0.29, 0.717) is 71.7 Å². The Morgan fingerprint density at radius 1 is 0.660 bits per heavy atom. The van der Waals surface area contributed by atoms with E-state index in [1.165, 1.54) is 66.9 Å². The number of ether oxygens (including phenoxy) is 4. The number of piperidine rings is 1. The van der Waals surface area contributed by atoms with Crippen molar-refractivity contribution in [3.8, 4) is 11.5 Å². The molecule has 0 aliphatic carbocycles. The molecule has 5 aromatic carbocycles. The average Bonchev–Trinajstić information content (AvgIpc) is 1.35. The van der Waals surface area contributed by atoms with Crippen molar-refractivity contribution < 1.29 is 71.7 Å². The molecule has 5 aromatic rings. The first-order valence-electron chi connectivity index (χ1n) is 34.3. The van der Waals surface area contributed by atoms with Gasteiger partial charge in [-0.15, -0.1) is 0 Å². The van der Waals surface area contributed by atoms with Gasteiger partial charge in [-0.05, 0) is 135 Å². The van der Waals surface area contributed by atoms with Gasteiger partial charge in [0, 0.05) is 71.3 Å². The molecule has 23 heteroatoms. The van der Waals surface area contributed by atoms with Crippen LogP contribution >= 0.6 is 0 Å². The minimum Gasteiger partial charge on any atom is -0.493 e. The van der Waals surface area contributed by atoms with E-state index in [9.17, 15) is 43.2 Å². The molecule has 0 aromatic heterocycles. The fourth-order valence-corrected chi connectivity index (χ4v) is 12.6. The third-order valence-corrected chi connectivity index (χ3v) is 18.3. The van der Waals surface area contributed by atoms with Crippen molar-refractivity contribution in [1.82, 2.24) is 35.6 Å². The van der Waals surface area contributed by atoms with Gasteiger partial charge in [-0.25, -0.2) is 9.59 Å². The third kappa shape index (κ3) is 20.9. The van der Waals surface area contributed by atoms with Crippen LogP contribution in [0, 0.1) is 11.3 Å². The van der Waals surface area contributed by atoms with Crippen LogP contribution in [0.4, 0.5) is 5.69 Å². The number of nitrogens with one attached hydrogen (secondary N) is 4. The number of amides is 8. The first-order chi connectivity index (χ1) is 47.9. The van der Waals surface area contributed by atoms with Crippen LogP contribution in [-0.4, -0.2) is 163 Å². The molecule has 4 N–H and O–H groups in total. The summed E-state index contributed by atoms with van der Waals surface area (Å²) in [4.78, 5) is 163. The Kier molecular flexibility index (Phi) is 27.3. The number of hydrogen-bond donors (Lipinski definition) is 4. The summed E-state index contributed by atoms with van der Waals surface area (Å²) in [5, 5.41) is 11.5. The van der Waals surface area contributed by atoms with Gasteiger partial charge in [-0.2, -0.15) is 0 Å². The van der Waals surface area contributed by atoms with Gasteiger partial charge in [0.15, 0.2) is 11.5 Å². The second-order valence-corrected chi connectivity index (χ2v) is 26.8. The van der Waals surface area contributed by atoms with Gasteiger partial charge in [0.05, 0.1) is 26.1 Å². The number of carbonyl (C=O) groups excluding carboxylic acids is 11. The Morgan fingerprint density at radius 2 is 1.32 bits per heavy atom. The van der Waals surface area contributed by atoms with Crippen LogP contribution in [0.3, 0.4) is 0 Å². The maximum atomic E-state index is 15.3. The number of likely N-dealkylation sites (N-methyl/N-ethyl adjacent to an activating group) is 2. The summed E-state index contributed by atoms with van der Waals surface area (Å²) in [6.45, 7) is 7.02. The lowest BCUT2D eigenvalue weighted by Gasteiger charge is -2.36. The molecule has 2 bridgehead atoms. The normalized spacial score (nSPS) is 21.6. The van der Waals surface area contributed by atoms with Gasteiger partial charge in [0.2, 0.25) is 47.1 Å². The lowest BCUT2D eigenvalue weighted by molar-refractivity contribution is -0.165. The zero-order chi connectivity index (χ0) is 72.0. The zero-order valence-electron chi connectivity index (χ0n) is 58.5. The first kappa shape index (κ1) is 75.6. The quantitative estimate of drug-likeness (QED) is 0.0607. The van der Waals surface area contributed by atoms with Gasteiger partial charge >= 0.3 is 11.9 Å². The van der Waals surface area contributed by atoms with Crippen molar-refractivity contribution in [2.75, 3.05) is 59.9 Å². The van der Waals surface area contributed by atoms with E-state index in [0.717, 1.165) is 11.1 Å². The largest absolute Gasteiger partial charge is 0.493 e. The van der Waals surface area contributed by atoms with E-state index >= 15 is 9.59 Å². The van der Waals surface area contributed by atoms with Crippen LogP contribution in [0.2, 0.25) is 0 Å². The number of nitrogens with zero attached hydrogens (tertiary/aromatic N) is 4. The summed E-state index contributed by atoms with van der Waals surface area (Å²) in [5.41, 5.74) is 2.70. The van der Waals surface area contributed by atoms with E-state index in [2.05, 4.69) is 21.3 Å². The molecule has 0 spiro atoms. The Hall–Kier alpha value is -10.2. The van der Waals surface area contributed by atoms with Gasteiger partial charge < -0.3 is 59.8 Å². The number of carbonyl (C=O) groups is 11. The highest BCUT2D eigenvalue weighted by atomic mass is 16.5. The molecule has 3 aliphatic heterocycles. The summed E-state index contributed by atoms with van der Waals surface area (Å²) < 4.78 is 22.9. The summed E-state index contributed by atoms with van der Waals surface area (Å²) in [6, 6.07) is 31.2. The number of aryl methyl sites for hydroxylation is 1. The summed E-state index contributed by atoms with van der Waals surface area (Å²) in [7, 11) is 6.16. The van der Waals surface area contributed by atoms with Gasteiger partial charge in [-0.1, -0.05) is 123 Å². The molecule has 0 saturated carbocycles. The standard InChI is InChI=1S/C77H94N8O15/c1-50(2)43-61-73(93)82(5)40-17-16-29-68(89)99-49-77(3,4)70(90)75(95)85-41-18-15-27-60(85)76(96)100-62(36-34-52-35-37-63(97-7)64(45-52)98-8)56-25-19-26-57(47-56)79-65(86)38-39-66(87)81-69(55-23-13-10-14-24-55)71(91)80-58(72(92)84-42-20-28-59(84)74(94)83(61)6)44-51-30-32-53(33-31-51)46-67(88)78-48-54-21-11-9-12-22-54/h9-14,16,19,21-26,29-33,35,37,45,47,50,58-62,69H,15,17-18,20,27-28,34,36,38-44,46,48-49H2,1-8H3,(H,78,88)(H,79,86)(H,80,91)(H,81,87)/t58-,59+,60-,61-,62+,69-/m0/s1. The minimum atomic E-state index is -1.52. The van der Waals surface area contributed by atoms with E-state index in [1.807, 2.05) is 50.2 Å². The van der Waals surface area contributed by atoms with Crippen LogP contribution in [-0.2, 0) is 88.0 Å². The van der Waals surface area contributed by atoms with Crippen molar-refractivity contribution in [3.05, 3.63) is 173 Å². The number of cyclic esters (lactones) is 2. The lowest BCUT2D eigenvalue weighted by atomic mass is 9.87. The Morgan fingerprint density at radius 3 is 2.03 bits per heavy atom. The first-order valence-corrected chi connectivity index (χ1v) is 34.3. The monoisotopic (exact) mass is 1370 g/mol. The molecule has 8 rings (SSSR count). The van der Waals surface area contributed by atoms with Crippen LogP contribution in [0.1, 0.15) is 137 Å². The molecule has 3 heterocycles. The minimum absolute atomic E-state index is 0.0592. The number of esters is 2. The Bertz CT molecular complexity index is 3750. The molecule has 0 unspecified atom stereocenters. The number of Topliss-reactive ketones (excluding diaryl/α,β-unsaturated/α-hetero) is 1. The topological polar surface area (TPSA) is 286 Å². The van der Waals surface area contributed by atoms with Gasteiger partial charge in [0.25, 0.3) is 5.91 Å².